The summed E-state index contributed by atoms with van der Waals surface area (Å²) >= 11 is 6.06. The second-order valence-corrected chi connectivity index (χ2v) is 7.39. The molecule has 1 aliphatic carbocycles. The van der Waals surface area contributed by atoms with Crippen LogP contribution in [0.2, 0.25) is 5.02 Å². The van der Waals surface area contributed by atoms with Crippen LogP contribution in [0.5, 0.6) is 0 Å². The quantitative estimate of drug-likeness (QED) is 0.924. The maximum atomic E-state index is 12.6. The second-order valence-electron chi connectivity index (χ2n) is 6.98. The molecule has 2 heterocycles. The molecular formula is C18H23ClN2O2. The summed E-state index contributed by atoms with van der Waals surface area (Å²) in [6, 6.07) is 6.03. The van der Waals surface area contributed by atoms with Gasteiger partial charge in [0, 0.05) is 23.1 Å². The van der Waals surface area contributed by atoms with Gasteiger partial charge in [0.15, 0.2) is 0 Å². The number of halogens is 1. The molecule has 1 aromatic carbocycles. The molecule has 1 saturated carbocycles. The number of aryl methyl sites for hydroxylation is 1. The Morgan fingerprint density at radius 2 is 2.13 bits per heavy atom. The van der Waals surface area contributed by atoms with Crippen molar-refractivity contribution >= 4 is 17.5 Å². The predicted octanol–water partition coefficient (Wildman–Crippen LogP) is 2.63. The van der Waals surface area contributed by atoms with Crippen molar-refractivity contribution in [3.8, 4) is 0 Å². The molecule has 4 nitrogen and oxygen atoms in total. The fraction of sp³-hybridized carbons (Fsp3) is 0.611. The zero-order valence-corrected chi connectivity index (χ0v) is 14.2. The van der Waals surface area contributed by atoms with Gasteiger partial charge in [0.05, 0.1) is 18.2 Å². The van der Waals surface area contributed by atoms with Gasteiger partial charge in [0.25, 0.3) is 5.91 Å². The lowest BCUT2D eigenvalue weighted by Gasteiger charge is -2.51. The summed E-state index contributed by atoms with van der Waals surface area (Å²) < 4.78 is 5.92. The molecular weight excluding hydrogens is 312 g/mol. The molecule has 0 bridgehead atoms. The van der Waals surface area contributed by atoms with Crippen LogP contribution in [0.3, 0.4) is 0 Å². The molecule has 1 aromatic rings. The van der Waals surface area contributed by atoms with Crippen LogP contribution in [0.15, 0.2) is 18.2 Å². The molecule has 3 fully saturated rings. The van der Waals surface area contributed by atoms with E-state index in [1.807, 2.05) is 13.0 Å². The van der Waals surface area contributed by atoms with Crippen molar-refractivity contribution in [3.05, 3.63) is 34.3 Å². The average Bonchev–Trinajstić information content (AvgIpc) is 3.18. The number of nitrogens with zero attached hydrogens (tertiary/aromatic N) is 1. The highest BCUT2D eigenvalue weighted by atomic mass is 35.5. The third kappa shape index (κ3) is 2.67. The van der Waals surface area contributed by atoms with Crippen molar-refractivity contribution in [2.24, 2.45) is 5.92 Å². The number of amides is 1. The van der Waals surface area contributed by atoms with Gasteiger partial charge in [-0.1, -0.05) is 11.6 Å². The van der Waals surface area contributed by atoms with Crippen LogP contribution in [0.4, 0.5) is 0 Å². The van der Waals surface area contributed by atoms with E-state index in [4.69, 9.17) is 16.3 Å². The largest absolute Gasteiger partial charge is 0.376 e. The molecule has 1 N–H and O–H groups in total. The van der Waals surface area contributed by atoms with E-state index < -0.39 is 0 Å². The molecule has 1 amide bonds. The van der Waals surface area contributed by atoms with Gasteiger partial charge in [-0.25, -0.2) is 0 Å². The number of ether oxygens (including phenoxy) is 1. The van der Waals surface area contributed by atoms with Crippen LogP contribution in [0.1, 0.15) is 35.2 Å². The lowest BCUT2D eigenvalue weighted by Crippen LogP contribution is -2.70. The highest BCUT2D eigenvalue weighted by Gasteiger charge is 2.56. The SMILES string of the molecule is Cc1cc(C(=O)N[C@H]2[C@H]3CCO[C@H]3[C@@H]2N2CCCC2)ccc1Cl. The molecule has 5 heteroatoms. The Hall–Kier alpha value is -1.10. The van der Waals surface area contributed by atoms with Gasteiger partial charge in [0.2, 0.25) is 0 Å². The standard InChI is InChI=1S/C18H23ClN2O2/c1-11-10-12(4-5-14(11)19)18(22)20-15-13-6-9-23-17(13)16(15)21-7-2-3-8-21/h4-5,10,13,15-17H,2-3,6-9H2,1H3,(H,20,22)/t13-,15+,16-,17-/m1/s1. The van der Waals surface area contributed by atoms with E-state index in [9.17, 15) is 4.79 Å². The van der Waals surface area contributed by atoms with Crippen LogP contribution in [-0.4, -0.2) is 48.7 Å². The molecule has 0 unspecified atom stereocenters. The zero-order chi connectivity index (χ0) is 16.0. The van der Waals surface area contributed by atoms with E-state index in [2.05, 4.69) is 10.2 Å². The van der Waals surface area contributed by atoms with Crippen molar-refractivity contribution in [1.29, 1.82) is 0 Å². The van der Waals surface area contributed by atoms with Gasteiger partial charge in [0.1, 0.15) is 0 Å². The van der Waals surface area contributed by atoms with Crippen LogP contribution in [0, 0.1) is 12.8 Å². The van der Waals surface area contributed by atoms with Gasteiger partial charge in [-0.05, 0) is 63.0 Å². The first kappa shape index (κ1) is 15.4. The average molecular weight is 335 g/mol. The van der Waals surface area contributed by atoms with Crippen molar-refractivity contribution < 1.29 is 9.53 Å². The van der Waals surface area contributed by atoms with Crippen molar-refractivity contribution in [3.63, 3.8) is 0 Å². The van der Waals surface area contributed by atoms with Gasteiger partial charge >= 0.3 is 0 Å². The van der Waals surface area contributed by atoms with Crippen LogP contribution < -0.4 is 5.32 Å². The van der Waals surface area contributed by atoms with Gasteiger partial charge < -0.3 is 10.1 Å². The highest BCUT2D eigenvalue weighted by Crippen LogP contribution is 2.43. The number of carbonyl (C=O) groups excluding carboxylic acids is 1. The Bertz CT molecular complexity index is 610. The number of carbonyl (C=O) groups is 1. The maximum absolute atomic E-state index is 12.6. The summed E-state index contributed by atoms with van der Waals surface area (Å²) in [6.07, 6.45) is 3.88. The number of nitrogens with one attached hydrogen (secondary N) is 1. The Balaban J connectivity index is 1.49. The molecule has 0 aromatic heterocycles. The number of hydrogen-bond acceptors (Lipinski definition) is 3. The molecule has 3 aliphatic rings. The second kappa shape index (κ2) is 6.08. The molecule has 124 valence electrons. The van der Waals surface area contributed by atoms with Gasteiger partial charge in [-0.3, -0.25) is 9.69 Å². The van der Waals surface area contributed by atoms with Crippen molar-refractivity contribution in [2.45, 2.75) is 44.4 Å². The smallest absolute Gasteiger partial charge is 0.251 e. The third-order valence-corrected chi connectivity index (χ3v) is 6.05. The first-order valence-electron chi connectivity index (χ1n) is 8.58. The monoisotopic (exact) mass is 334 g/mol. The Kier molecular flexibility index (Phi) is 4.08. The third-order valence-electron chi connectivity index (χ3n) is 5.63. The minimum Gasteiger partial charge on any atom is -0.376 e. The minimum absolute atomic E-state index is 0.00399. The van der Waals surface area contributed by atoms with Gasteiger partial charge in [-0.15, -0.1) is 0 Å². The molecule has 2 saturated heterocycles. The molecule has 2 aliphatic heterocycles. The summed E-state index contributed by atoms with van der Waals surface area (Å²) in [7, 11) is 0. The fourth-order valence-corrected chi connectivity index (χ4v) is 4.48. The van der Waals surface area contributed by atoms with Crippen molar-refractivity contribution in [2.75, 3.05) is 19.7 Å². The minimum atomic E-state index is 0.00399. The summed E-state index contributed by atoms with van der Waals surface area (Å²) in [5.41, 5.74) is 1.63. The first-order valence-corrected chi connectivity index (χ1v) is 8.95. The van der Waals surface area contributed by atoms with E-state index in [0.29, 0.717) is 28.6 Å². The molecule has 4 atom stereocenters. The van der Waals surface area contributed by atoms with E-state index in [0.717, 1.165) is 31.7 Å². The highest BCUT2D eigenvalue weighted by molar-refractivity contribution is 6.31. The Morgan fingerprint density at radius 1 is 1.35 bits per heavy atom. The number of likely N-dealkylation sites (tertiary alicyclic amines) is 1. The van der Waals surface area contributed by atoms with E-state index in [1.165, 1.54) is 12.8 Å². The zero-order valence-electron chi connectivity index (χ0n) is 13.4. The fourth-order valence-electron chi connectivity index (χ4n) is 4.36. The number of benzene rings is 1. The normalized spacial score (nSPS) is 33.3. The Morgan fingerprint density at radius 3 is 2.87 bits per heavy atom. The topological polar surface area (TPSA) is 41.6 Å². The van der Waals surface area contributed by atoms with Gasteiger partial charge in [-0.2, -0.15) is 0 Å². The molecule has 0 radical (unpaired) electrons. The van der Waals surface area contributed by atoms with E-state index >= 15 is 0 Å². The van der Waals surface area contributed by atoms with Crippen LogP contribution in [-0.2, 0) is 4.74 Å². The Labute approximate surface area is 142 Å². The van der Waals surface area contributed by atoms with Crippen LogP contribution >= 0.6 is 11.6 Å². The summed E-state index contributed by atoms with van der Waals surface area (Å²) in [4.78, 5) is 15.2. The number of rotatable bonds is 3. The molecule has 0 spiro atoms. The predicted molar refractivity (Wildman–Crippen MR) is 89.9 cm³/mol. The summed E-state index contributed by atoms with van der Waals surface area (Å²) in [5, 5.41) is 3.97. The number of hydrogen-bond donors (Lipinski definition) is 1. The lowest BCUT2D eigenvalue weighted by atomic mass is 9.70. The maximum Gasteiger partial charge on any atom is 0.251 e. The molecule has 4 rings (SSSR count). The first-order chi connectivity index (χ1) is 11.1. The summed E-state index contributed by atoms with van der Waals surface area (Å²) in [5.74, 6) is 0.474. The number of fused-ring (bicyclic) bond motifs is 1. The van der Waals surface area contributed by atoms with Crippen molar-refractivity contribution in [1.82, 2.24) is 10.2 Å². The molecule has 23 heavy (non-hydrogen) atoms. The van der Waals surface area contributed by atoms with E-state index in [1.54, 1.807) is 12.1 Å². The van der Waals surface area contributed by atoms with Crippen LogP contribution in [0.25, 0.3) is 0 Å². The lowest BCUT2D eigenvalue weighted by molar-refractivity contribution is -0.0747. The summed E-state index contributed by atoms with van der Waals surface area (Å²) in [6.45, 7) is 5.01. The van der Waals surface area contributed by atoms with E-state index in [-0.39, 0.29) is 11.9 Å².